The molecular formula is C17H24OP2. The van der Waals surface area contributed by atoms with Crippen LogP contribution in [0.1, 0.15) is 41.5 Å². The summed E-state index contributed by atoms with van der Waals surface area (Å²) in [7, 11) is 1.09. The third kappa shape index (κ3) is 1.27. The lowest BCUT2D eigenvalue weighted by atomic mass is 9.85. The average molecular weight is 306 g/mol. The number of hydrogen-bond acceptors (Lipinski definition) is 1. The first-order valence-electron chi connectivity index (χ1n) is 7.71. The topological polar surface area (TPSA) is 17.1 Å². The van der Waals surface area contributed by atoms with Crippen molar-refractivity contribution < 1.29 is 4.79 Å². The molecule has 0 amide bonds. The van der Waals surface area contributed by atoms with E-state index in [1.54, 1.807) is 5.03 Å². The van der Waals surface area contributed by atoms with Crippen LogP contribution in [0.15, 0.2) is 12.2 Å². The molecule has 0 aromatic carbocycles. The summed E-state index contributed by atoms with van der Waals surface area (Å²) in [4.78, 5) is 12.8. The van der Waals surface area contributed by atoms with Crippen LogP contribution in [-0.4, -0.2) is 27.3 Å². The first-order chi connectivity index (χ1) is 9.12. The van der Waals surface area contributed by atoms with Gasteiger partial charge in [0.15, 0.2) is 5.78 Å². The second-order valence-corrected chi connectivity index (χ2v) is 13.0. The molecule has 5 rings (SSSR count). The molecule has 1 saturated heterocycles. The Kier molecular flexibility index (Phi) is 2.39. The van der Waals surface area contributed by atoms with Crippen LogP contribution in [0, 0.1) is 22.7 Å². The zero-order valence-corrected chi connectivity index (χ0v) is 15.1. The van der Waals surface area contributed by atoms with E-state index in [0.717, 1.165) is 0 Å². The zero-order valence-electron chi connectivity index (χ0n) is 13.3. The number of Topliss-reactive ketones (excluding diaryl/α,β-unsaturated/α-hetero) is 1. The summed E-state index contributed by atoms with van der Waals surface area (Å²) >= 11 is 0. The summed E-state index contributed by atoms with van der Waals surface area (Å²) in [5, 5.41) is 2.16. The van der Waals surface area contributed by atoms with Crippen molar-refractivity contribution in [3.63, 3.8) is 0 Å². The molecular weight excluding hydrogens is 282 g/mol. The van der Waals surface area contributed by atoms with Crippen molar-refractivity contribution >= 4 is 26.9 Å². The van der Waals surface area contributed by atoms with Gasteiger partial charge in [-0.05, 0) is 27.7 Å². The summed E-state index contributed by atoms with van der Waals surface area (Å²) in [5.74, 6) is 1.92. The highest BCUT2D eigenvalue weighted by Crippen LogP contribution is 2.89. The molecule has 4 heterocycles. The Hall–Kier alpha value is 0.01000. The van der Waals surface area contributed by atoms with E-state index in [1.807, 2.05) is 0 Å². The molecule has 0 spiro atoms. The number of carbonyl (C=O) groups is 1. The molecule has 4 bridgehead atoms. The monoisotopic (exact) mass is 306 g/mol. The smallest absolute Gasteiger partial charge is 0.155 e. The number of ketones is 1. The van der Waals surface area contributed by atoms with E-state index >= 15 is 0 Å². The SMILES string of the molecule is CC(C)(C)C1=P[C@@H]2C(=O)[C@H]3C=C[C@H]4[C@@H]2[C@@]4(C(C)(C)C)P13. The van der Waals surface area contributed by atoms with Crippen molar-refractivity contribution in [1.29, 1.82) is 0 Å². The lowest BCUT2D eigenvalue weighted by Crippen LogP contribution is -2.51. The molecule has 5 aliphatic rings. The van der Waals surface area contributed by atoms with Gasteiger partial charge in [-0.3, -0.25) is 4.79 Å². The van der Waals surface area contributed by atoms with Crippen molar-refractivity contribution in [2.75, 3.05) is 0 Å². The Morgan fingerprint density at radius 2 is 1.80 bits per heavy atom. The highest BCUT2D eigenvalue weighted by molar-refractivity contribution is 7.89. The maximum absolute atomic E-state index is 12.8. The van der Waals surface area contributed by atoms with E-state index < -0.39 is 0 Å². The molecule has 0 aromatic rings. The van der Waals surface area contributed by atoms with Crippen LogP contribution in [0.4, 0.5) is 0 Å². The normalized spacial score (nSPS) is 49.2. The van der Waals surface area contributed by atoms with Gasteiger partial charge < -0.3 is 0 Å². The minimum absolute atomic E-state index is 0.250. The lowest BCUT2D eigenvalue weighted by molar-refractivity contribution is -0.118. The van der Waals surface area contributed by atoms with E-state index in [4.69, 9.17) is 0 Å². The van der Waals surface area contributed by atoms with E-state index in [-0.39, 0.29) is 19.0 Å². The summed E-state index contributed by atoms with van der Waals surface area (Å²) < 4.78 is 0. The van der Waals surface area contributed by atoms with Crippen LogP contribution < -0.4 is 0 Å². The van der Waals surface area contributed by atoms with Gasteiger partial charge in [-0.15, -0.1) is 0 Å². The number of rotatable bonds is 0. The molecule has 6 atom stereocenters. The summed E-state index contributed by atoms with van der Waals surface area (Å²) in [5.41, 5.74) is 1.13. The maximum atomic E-state index is 12.8. The Morgan fingerprint density at radius 1 is 1.15 bits per heavy atom. The molecule has 0 aromatic heterocycles. The maximum Gasteiger partial charge on any atom is 0.155 e. The van der Waals surface area contributed by atoms with Crippen molar-refractivity contribution in [2.24, 2.45) is 22.7 Å². The average Bonchev–Trinajstić information content (AvgIpc) is 3.01. The predicted molar refractivity (Wildman–Crippen MR) is 89.2 cm³/mol. The lowest BCUT2D eigenvalue weighted by Gasteiger charge is -2.53. The first kappa shape index (κ1) is 13.7. The van der Waals surface area contributed by atoms with E-state index in [2.05, 4.69) is 53.7 Å². The van der Waals surface area contributed by atoms with Crippen LogP contribution in [0.25, 0.3) is 0 Å². The fourth-order valence-electron chi connectivity index (χ4n) is 5.13. The minimum Gasteiger partial charge on any atom is -0.298 e. The van der Waals surface area contributed by atoms with Crippen molar-refractivity contribution in [3.8, 4) is 0 Å². The highest BCUT2D eigenvalue weighted by atomic mass is 31.1. The van der Waals surface area contributed by atoms with Crippen molar-refractivity contribution in [2.45, 2.75) is 58.0 Å². The van der Waals surface area contributed by atoms with Gasteiger partial charge >= 0.3 is 0 Å². The molecule has 3 heteroatoms. The molecule has 0 N–H and O–H groups in total. The quantitative estimate of drug-likeness (QED) is 0.475. The molecule has 0 radical (unpaired) electrons. The van der Waals surface area contributed by atoms with Crippen LogP contribution in [0.2, 0.25) is 0 Å². The Balaban J connectivity index is 1.96. The molecule has 20 heavy (non-hydrogen) atoms. The van der Waals surface area contributed by atoms with Gasteiger partial charge in [0, 0.05) is 5.16 Å². The largest absolute Gasteiger partial charge is 0.298 e. The Morgan fingerprint density at radius 3 is 2.35 bits per heavy atom. The van der Waals surface area contributed by atoms with Gasteiger partial charge in [0.2, 0.25) is 0 Å². The predicted octanol–water partition coefficient (Wildman–Crippen LogP) is 4.52. The van der Waals surface area contributed by atoms with Gasteiger partial charge in [-0.2, -0.15) is 0 Å². The fourth-order valence-corrected chi connectivity index (χ4v) is 13.0. The highest BCUT2D eigenvalue weighted by Gasteiger charge is 2.82. The number of allylic oxidation sites excluding steroid dienone is 2. The molecule has 1 saturated carbocycles. The fraction of sp³-hybridized carbons (Fsp3) is 0.765. The standard InChI is InChI=1S/C17H24OP2/c1-15(2,3)14-19-13-11-9-7-8-10(12(13)18)20(14)17(9,11)16(4,5)6/h7-11,13H,1-6H3/t9-,10+,11-,13-,17-,20?/m0/s1. The van der Waals surface area contributed by atoms with Crippen molar-refractivity contribution in [1.82, 2.24) is 0 Å². The molecule has 108 valence electrons. The third-order valence-corrected chi connectivity index (χ3v) is 12.7. The van der Waals surface area contributed by atoms with Crippen LogP contribution >= 0.6 is 16.1 Å². The Labute approximate surface area is 125 Å². The number of carbonyl (C=O) groups excluding carboxylic acids is 1. The molecule has 1 aliphatic carbocycles. The molecule has 4 aliphatic heterocycles. The molecule has 1 nitrogen and oxygen atoms in total. The van der Waals surface area contributed by atoms with Crippen LogP contribution in [0.5, 0.6) is 0 Å². The van der Waals surface area contributed by atoms with Gasteiger partial charge in [0.05, 0.1) is 11.3 Å². The second-order valence-electron chi connectivity index (χ2n) is 8.88. The number of hydrogen-bond donors (Lipinski definition) is 0. The van der Waals surface area contributed by atoms with E-state index in [9.17, 15) is 4.79 Å². The summed E-state index contributed by atoms with van der Waals surface area (Å²) in [6.07, 6.45) is 4.71. The first-order valence-corrected chi connectivity index (χ1v) is 10.1. The van der Waals surface area contributed by atoms with E-state index in [1.165, 1.54) is 8.20 Å². The molecule has 2 fully saturated rings. The van der Waals surface area contributed by atoms with Gasteiger partial charge in [-0.1, -0.05) is 69.8 Å². The third-order valence-electron chi connectivity index (χ3n) is 5.76. The van der Waals surface area contributed by atoms with Gasteiger partial charge in [0.25, 0.3) is 0 Å². The summed E-state index contributed by atoms with van der Waals surface area (Å²) in [6, 6.07) is 0. The van der Waals surface area contributed by atoms with Gasteiger partial charge in [0.1, 0.15) is 0 Å². The minimum atomic E-state index is -0.300. The summed E-state index contributed by atoms with van der Waals surface area (Å²) in [6.45, 7) is 14.3. The van der Waals surface area contributed by atoms with Crippen LogP contribution in [0.3, 0.4) is 0 Å². The van der Waals surface area contributed by atoms with Crippen molar-refractivity contribution in [3.05, 3.63) is 12.2 Å². The van der Waals surface area contributed by atoms with Gasteiger partial charge in [-0.25, -0.2) is 0 Å². The molecule has 1 unspecified atom stereocenters. The van der Waals surface area contributed by atoms with Crippen LogP contribution in [-0.2, 0) is 4.79 Å². The Bertz CT molecular complexity index is 575. The van der Waals surface area contributed by atoms with E-state index in [0.29, 0.717) is 33.8 Å². The zero-order chi connectivity index (χ0) is 14.7. The second kappa shape index (κ2) is 3.49.